The molecule has 82 valence electrons. The molecular formula is C13H20N2. The first kappa shape index (κ1) is 10.5. The van der Waals surface area contributed by atoms with E-state index in [4.69, 9.17) is 0 Å². The summed E-state index contributed by atoms with van der Waals surface area (Å²) in [5.74, 6) is 0. The van der Waals surface area contributed by atoms with Crippen molar-refractivity contribution >= 4 is 5.69 Å². The standard InChI is InChI=1S/C13H20N2/c1-15(13-8-5-9-13)11-10-14-12-6-3-2-4-7-12/h2-4,6-7,13-14H,5,8-11H2,1H3. The Morgan fingerprint density at radius 3 is 2.60 bits per heavy atom. The van der Waals surface area contributed by atoms with Crippen LogP contribution in [0.2, 0.25) is 0 Å². The largest absolute Gasteiger partial charge is 0.384 e. The van der Waals surface area contributed by atoms with E-state index in [1.165, 1.54) is 24.9 Å². The van der Waals surface area contributed by atoms with E-state index in [2.05, 4.69) is 41.5 Å². The number of hydrogen-bond acceptors (Lipinski definition) is 2. The summed E-state index contributed by atoms with van der Waals surface area (Å²) in [5.41, 5.74) is 1.22. The van der Waals surface area contributed by atoms with Gasteiger partial charge in [0.05, 0.1) is 0 Å². The molecule has 1 aromatic rings. The highest BCUT2D eigenvalue weighted by Crippen LogP contribution is 2.22. The summed E-state index contributed by atoms with van der Waals surface area (Å²) in [6, 6.07) is 11.3. The van der Waals surface area contributed by atoms with Crippen molar-refractivity contribution in [2.45, 2.75) is 25.3 Å². The van der Waals surface area contributed by atoms with Crippen molar-refractivity contribution in [3.8, 4) is 0 Å². The number of hydrogen-bond donors (Lipinski definition) is 1. The number of nitrogens with zero attached hydrogens (tertiary/aromatic N) is 1. The zero-order valence-electron chi connectivity index (χ0n) is 9.45. The van der Waals surface area contributed by atoms with E-state index in [-0.39, 0.29) is 0 Å². The van der Waals surface area contributed by atoms with Crippen molar-refractivity contribution < 1.29 is 0 Å². The minimum absolute atomic E-state index is 0.850. The van der Waals surface area contributed by atoms with Gasteiger partial charge in [-0.3, -0.25) is 0 Å². The molecule has 0 saturated heterocycles. The Balaban J connectivity index is 1.66. The van der Waals surface area contributed by atoms with E-state index in [9.17, 15) is 0 Å². The monoisotopic (exact) mass is 204 g/mol. The summed E-state index contributed by atoms with van der Waals surface area (Å²) in [4.78, 5) is 2.47. The topological polar surface area (TPSA) is 15.3 Å². The second-order valence-corrected chi connectivity index (χ2v) is 4.36. The van der Waals surface area contributed by atoms with Gasteiger partial charge >= 0.3 is 0 Å². The minimum atomic E-state index is 0.850. The molecule has 0 heterocycles. The molecule has 1 N–H and O–H groups in total. The summed E-state index contributed by atoms with van der Waals surface area (Å²) in [5, 5.41) is 3.44. The molecule has 2 rings (SSSR count). The van der Waals surface area contributed by atoms with E-state index < -0.39 is 0 Å². The normalized spacial score (nSPS) is 16.4. The molecule has 0 aliphatic heterocycles. The summed E-state index contributed by atoms with van der Waals surface area (Å²) in [6.45, 7) is 2.18. The highest BCUT2D eigenvalue weighted by molar-refractivity contribution is 5.42. The molecule has 2 nitrogen and oxygen atoms in total. The molecule has 1 aliphatic rings. The average molecular weight is 204 g/mol. The zero-order chi connectivity index (χ0) is 10.5. The van der Waals surface area contributed by atoms with E-state index >= 15 is 0 Å². The Hall–Kier alpha value is -1.02. The minimum Gasteiger partial charge on any atom is -0.384 e. The molecule has 1 aromatic carbocycles. The van der Waals surface area contributed by atoms with Crippen LogP contribution in [0.5, 0.6) is 0 Å². The molecule has 1 fully saturated rings. The summed E-state index contributed by atoms with van der Waals surface area (Å²) < 4.78 is 0. The van der Waals surface area contributed by atoms with Gasteiger partial charge in [-0.2, -0.15) is 0 Å². The number of nitrogens with one attached hydrogen (secondary N) is 1. The van der Waals surface area contributed by atoms with E-state index in [0.717, 1.165) is 19.1 Å². The SMILES string of the molecule is CN(CCNc1ccccc1)C1CCC1. The van der Waals surface area contributed by atoms with Gasteiger partial charge in [0, 0.05) is 24.8 Å². The van der Waals surface area contributed by atoms with Gasteiger partial charge in [-0.15, -0.1) is 0 Å². The third-order valence-corrected chi connectivity index (χ3v) is 3.27. The first-order valence-corrected chi connectivity index (χ1v) is 5.85. The van der Waals surface area contributed by atoms with Gasteiger partial charge in [0.15, 0.2) is 0 Å². The van der Waals surface area contributed by atoms with Crippen LogP contribution in [0.15, 0.2) is 30.3 Å². The van der Waals surface area contributed by atoms with Crippen molar-refractivity contribution in [3.63, 3.8) is 0 Å². The lowest BCUT2D eigenvalue weighted by atomic mass is 9.92. The molecule has 15 heavy (non-hydrogen) atoms. The van der Waals surface area contributed by atoms with E-state index in [0.29, 0.717) is 0 Å². The predicted octanol–water partition coefficient (Wildman–Crippen LogP) is 2.58. The highest BCUT2D eigenvalue weighted by Gasteiger charge is 2.20. The van der Waals surface area contributed by atoms with Crippen LogP contribution in [0.25, 0.3) is 0 Å². The second-order valence-electron chi connectivity index (χ2n) is 4.36. The molecule has 0 bridgehead atoms. The summed E-state index contributed by atoms with van der Waals surface area (Å²) in [6.07, 6.45) is 4.20. The molecule has 2 heteroatoms. The molecule has 1 aliphatic carbocycles. The molecule has 0 spiro atoms. The molecule has 0 amide bonds. The Kier molecular flexibility index (Phi) is 3.62. The fourth-order valence-corrected chi connectivity index (χ4v) is 1.94. The Morgan fingerprint density at radius 1 is 1.27 bits per heavy atom. The Morgan fingerprint density at radius 2 is 2.00 bits per heavy atom. The van der Waals surface area contributed by atoms with Gasteiger partial charge in [-0.25, -0.2) is 0 Å². The molecule has 1 saturated carbocycles. The van der Waals surface area contributed by atoms with Crippen LogP contribution in [-0.2, 0) is 0 Å². The van der Waals surface area contributed by atoms with Crippen LogP contribution in [-0.4, -0.2) is 31.1 Å². The first-order chi connectivity index (χ1) is 7.36. The first-order valence-electron chi connectivity index (χ1n) is 5.85. The fourth-order valence-electron chi connectivity index (χ4n) is 1.94. The molecule has 0 unspecified atom stereocenters. The maximum Gasteiger partial charge on any atom is 0.0340 e. The lowest BCUT2D eigenvalue weighted by Gasteiger charge is -2.34. The van der Waals surface area contributed by atoms with Gasteiger partial charge in [0.25, 0.3) is 0 Å². The molecule has 0 aromatic heterocycles. The number of likely N-dealkylation sites (N-methyl/N-ethyl adjacent to an activating group) is 1. The van der Waals surface area contributed by atoms with Crippen LogP contribution in [0.4, 0.5) is 5.69 Å². The highest BCUT2D eigenvalue weighted by atomic mass is 15.1. The van der Waals surface area contributed by atoms with Gasteiger partial charge in [-0.05, 0) is 32.0 Å². The zero-order valence-corrected chi connectivity index (χ0v) is 9.45. The number of anilines is 1. The van der Waals surface area contributed by atoms with Crippen LogP contribution < -0.4 is 5.32 Å². The maximum absolute atomic E-state index is 3.44. The number of benzene rings is 1. The van der Waals surface area contributed by atoms with Crippen molar-refractivity contribution in [3.05, 3.63) is 30.3 Å². The second kappa shape index (κ2) is 5.17. The smallest absolute Gasteiger partial charge is 0.0340 e. The Labute approximate surface area is 92.3 Å². The summed E-state index contributed by atoms with van der Waals surface area (Å²) in [7, 11) is 2.23. The van der Waals surface area contributed by atoms with Crippen LogP contribution in [0, 0.1) is 0 Å². The number of rotatable bonds is 5. The fraction of sp³-hybridized carbons (Fsp3) is 0.538. The Bertz CT molecular complexity index is 280. The van der Waals surface area contributed by atoms with Crippen molar-refractivity contribution in [1.29, 1.82) is 0 Å². The average Bonchev–Trinajstić information content (AvgIpc) is 2.16. The number of para-hydroxylation sites is 1. The van der Waals surface area contributed by atoms with Crippen molar-refractivity contribution in [2.24, 2.45) is 0 Å². The van der Waals surface area contributed by atoms with Crippen LogP contribution in [0.1, 0.15) is 19.3 Å². The third-order valence-electron chi connectivity index (χ3n) is 3.27. The van der Waals surface area contributed by atoms with Gasteiger partial charge in [-0.1, -0.05) is 24.6 Å². The molecule has 0 radical (unpaired) electrons. The van der Waals surface area contributed by atoms with E-state index in [1.807, 2.05) is 6.07 Å². The van der Waals surface area contributed by atoms with Crippen molar-refractivity contribution in [2.75, 3.05) is 25.5 Å². The van der Waals surface area contributed by atoms with Gasteiger partial charge in [0.1, 0.15) is 0 Å². The van der Waals surface area contributed by atoms with Gasteiger partial charge < -0.3 is 10.2 Å². The lowest BCUT2D eigenvalue weighted by molar-refractivity contribution is 0.165. The maximum atomic E-state index is 3.44. The summed E-state index contributed by atoms with van der Waals surface area (Å²) >= 11 is 0. The molecular weight excluding hydrogens is 184 g/mol. The predicted molar refractivity (Wildman–Crippen MR) is 65.2 cm³/mol. The third kappa shape index (κ3) is 2.96. The van der Waals surface area contributed by atoms with Crippen LogP contribution in [0.3, 0.4) is 0 Å². The van der Waals surface area contributed by atoms with Crippen molar-refractivity contribution in [1.82, 2.24) is 4.90 Å². The van der Waals surface area contributed by atoms with E-state index in [1.54, 1.807) is 0 Å². The van der Waals surface area contributed by atoms with Crippen LogP contribution >= 0.6 is 0 Å². The lowest BCUT2D eigenvalue weighted by Crippen LogP contribution is -2.39. The quantitative estimate of drug-likeness (QED) is 0.793. The van der Waals surface area contributed by atoms with Gasteiger partial charge in [0.2, 0.25) is 0 Å². The molecule has 0 atom stereocenters.